The summed E-state index contributed by atoms with van der Waals surface area (Å²) in [5.74, 6) is 2.18. The number of esters is 1. The first kappa shape index (κ1) is 13.6. The van der Waals surface area contributed by atoms with Gasteiger partial charge in [-0.3, -0.25) is 0 Å². The fourth-order valence-corrected chi connectivity index (χ4v) is 5.70. The van der Waals surface area contributed by atoms with Crippen molar-refractivity contribution in [2.45, 2.75) is 59.5 Å². The number of carbonyl (C=O) groups excluding carboxylic acids is 1. The van der Waals surface area contributed by atoms with Crippen LogP contribution in [0.3, 0.4) is 0 Å². The van der Waals surface area contributed by atoms with E-state index in [-0.39, 0.29) is 17.5 Å². The normalized spacial score (nSPS) is 48.5. The Bertz CT molecular complexity index is 570. The van der Waals surface area contributed by atoms with E-state index in [0.717, 1.165) is 18.4 Å². The first-order valence-electron chi connectivity index (χ1n) is 8.54. The van der Waals surface area contributed by atoms with Crippen LogP contribution in [0.4, 0.5) is 0 Å². The lowest BCUT2D eigenvalue weighted by Crippen LogP contribution is -2.37. The highest BCUT2D eigenvalue weighted by Gasteiger charge is 2.57. The molecule has 4 aliphatic rings. The van der Waals surface area contributed by atoms with Crippen LogP contribution in [0.25, 0.3) is 0 Å². The Morgan fingerprint density at radius 1 is 1.29 bits per heavy atom. The van der Waals surface area contributed by atoms with Gasteiger partial charge in [0, 0.05) is 11.0 Å². The molecule has 114 valence electrons. The Kier molecular flexibility index (Phi) is 2.75. The molecule has 0 saturated heterocycles. The molecule has 4 rings (SSSR count). The van der Waals surface area contributed by atoms with E-state index in [9.17, 15) is 4.79 Å². The first-order chi connectivity index (χ1) is 9.91. The van der Waals surface area contributed by atoms with E-state index in [1.165, 1.54) is 24.0 Å². The van der Waals surface area contributed by atoms with Crippen LogP contribution in [0.15, 0.2) is 22.8 Å². The van der Waals surface area contributed by atoms with Crippen molar-refractivity contribution in [1.82, 2.24) is 0 Å². The predicted molar refractivity (Wildman–Crippen MR) is 82.5 cm³/mol. The molecule has 3 aliphatic carbocycles. The van der Waals surface area contributed by atoms with Crippen molar-refractivity contribution in [3.63, 3.8) is 0 Å². The minimum absolute atomic E-state index is 0.00849. The van der Waals surface area contributed by atoms with Gasteiger partial charge >= 0.3 is 5.97 Å². The van der Waals surface area contributed by atoms with Crippen molar-refractivity contribution >= 4 is 5.97 Å². The molecule has 21 heavy (non-hydrogen) atoms. The first-order valence-corrected chi connectivity index (χ1v) is 8.54. The van der Waals surface area contributed by atoms with Gasteiger partial charge in [-0.2, -0.15) is 0 Å². The zero-order chi connectivity index (χ0) is 14.9. The third kappa shape index (κ3) is 1.68. The molecule has 0 aromatic carbocycles. The van der Waals surface area contributed by atoms with Crippen LogP contribution < -0.4 is 0 Å². The molecule has 0 aromatic heterocycles. The molecule has 1 saturated carbocycles. The molecule has 0 spiro atoms. The zero-order valence-electron chi connectivity index (χ0n) is 13.6. The van der Waals surface area contributed by atoms with Crippen molar-refractivity contribution in [2.24, 2.45) is 29.1 Å². The van der Waals surface area contributed by atoms with E-state index in [1.807, 2.05) is 0 Å². The van der Waals surface area contributed by atoms with Crippen molar-refractivity contribution < 1.29 is 9.53 Å². The van der Waals surface area contributed by atoms with Gasteiger partial charge in [-0.1, -0.05) is 32.4 Å². The second-order valence-corrected chi connectivity index (χ2v) is 8.25. The lowest BCUT2D eigenvalue weighted by Gasteiger charge is -2.37. The number of rotatable bonds is 0. The van der Waals surface area contributed by atoms with Gasteiger partial charge in [-0.25, -0.2) is 4.79 Å². The van der Waals surface area contributed by atoms with Gasteiger partial charge in [0.05, 0.1) is 0 Å². The van der Waals surface area contributed by atoms with E-state index < -0.39 is 0 Å². The fraction of sp³-hybridized carbons (Fsp3) is 0.737. The summed E-state index contributed by atoms with van der Waals surface area (Å²) < 4.78 is 6.00. The highest BCUT2D eigenvalue weighted by molar-refractivity contribution is 5.93. The third-order valence-electron chi connectivity index (χ3n) is 6.75. The quantitative estimate of drug-likeness (QED) is 0.491. The fourth-order valence-electron chi connectivity index (χ4n) is 5.70. The summed E-state index contributed by atoms with van der Waals surface area (Å²) in [5, 5.41) is 0. The van der Waals surface area contributed by atoms with Crippen molar-refractivity contribution in [1.29, 1.82) is 0 Å². The number of allylic oxidation sites excluding steroid dienone is 2. The molecule has 6 unspecified atom stereocenters. The van der Waals surface area contributed by atoms with Crippen LogP contribution in [-0.2, 0) is 9.53 Å². The number of carbonyl (C=O) groups is 1. The van der Waals surface area contributed by atoms with Gasteiger partial charge < -0.3 is 4.74 Å². The molecule has 2 nitrogen and oxygen atoms in total. The Balaban J connectivity index is 1.88. The molecule has 2 heteroatoms. The maximum atomic E-state index is 12.5. The Morgan fingerprint density at radius 3 is 2.81 bits per heavy atom. The van der Waals surface area contributed by atoms with Gasteiger partial charge in [0.2, 0.25) is 0 Å². The second kappa shape index (κ2) is 4.24. The predicted octanol–water partition coefficient (Wildman–Crippen LogP) is 4.27. The summed E-state index contributed by atoms with van der Waals surface area (Å²) in [6.07, 6.45) is 7.21. The van der Waals surface area contributed by atoms with Gasteiger partial charge in [0.15, 0.2) is 0 Å². The molecule has 0 radical (unpaired) electrons. The van der Waals surface area contributed by atoms with Crippen LogP contribution in [0.1, 0.15) is 53.4 Å². The average molecular weight is 286 g/mol. The standard InChI is InChI=1S/C19H26O2/c1-10-7-13-8-12(3)14-6-5-11(2)15-16(14)17(21-18(15)20)19(13,4)9-10/h7,11-14,17H,5-6,8-9H2,1-4H3. The molecule has 0 N–H and O–H groups in total. The highest BCUT2D eigenvalue weighted by Crippen LogP contribution is 2.59. The lowest BCUT2D eigenvalue weighted by molar-refractivity contribution is -0.145. The maximum absolute atomic E-state index is 12.5. The molecule has 0 bridgehead atoms. The summed E-state index contributed by atoms with van der Waals surface area (Å²) >= 11 is 0. The van der Waals surface area contributed by atoms with Crippen molar-refractivity contribution in [3.05, 3.63) is 22.8 Å². The highest BCUT2D eigenvalue weighted by atomic mass is 16.5. The topological polar surface area (TPSA) is 26.3 Å². The molecule has 6 atom stereocenters. The minimum Gasteiger partial charge on any atom is -0.454 e. The second-order valence-electron chi connectivity index (χ2n) is 8.25. The Labute approximate surface area is 127 Å². The molecular weight excluding hydrogens is 260 g/mol. The van der Waals surface area contributed by atoms with Gasteiger partial charge in [-0.05, 0) is 61.9 Å². The van der Waals surface area contributed by atoms with E-state index in [1.54, 1.807) is 0 Å². The maximum Gasteiger partial charge on any atom is 0.335 e. The Hall–Kier alpha value is -1.05. The van der Waals surface area contributed by atoms with Gasteiger partial charge in [-0.15, -0.1) is 0 Å². The number of ether oxygens (including phenoxy) is 1. The summed E-state index contributed by atoms with van der Waals surface area (Å²) in [7, 11) is 0. The smallest absolute Gasteiger partial charge is 0.335 e. The molecule has 1 fully saturated rings. The third-order valence-corrected chi connectivity index (χ3v) is 6.75. The molecule has 1 aliphatic heterocycles. The summed E-state index contributed by atoms with van der Waals surface area (Å²) in [6.45, 7) is 9.18. The van der Waals surface area contributed by atoms with Gasteiger partial charge in [0.25, 0.3) is 0 Å². The summed E-state index contributed by atoms with van der Waals surface area (Å²) in [4.78, 5) is 12.5. The monoisotopic (exact) mass is 286 g/mol. The lowest BCUT2D eigenvalue weighted by atomic mass is 9.68. The molecule has 0 amide bonds. The number of hydrogen-bond donors (Lipinski definition) is 0. The van der Waals surface area contributed by atoms with Crippen LogP contribution in [-0.4, -0.2) is 12.1 Å². The molecular formula is C19H26O2. The van der Waals surface area contributed by atoms with Crippen LogP contribution in [0.2, 0.25) is 0 Å². The largest absolute Gasteiger partial charge is 0.454 e. The van der Waals surface area contributed by atoms with Crippen LogP contribution in [0, 0.1) is 29.1 Å². The minimum atomic E-state index is -0.00849. The van der Waals surface area contributed by atoms with E-state index in [0.29, 0.717) is 23.7 Å². The Morgan fingerprint density at radius 2 is 2.05 bits per heavy atom. The van der Waals surface area contributed by atoms with Crippen LogP contribution >= 0.6 is 0 Å². The van der Waals surface area contributed by atoms with E-state index in [2.05, 4.69) is 33.8 Å². The van der Waals surface area contributed by atoms with E-state index >= 15 is 0 Å². The summed E-state index contributed by atoms with van der Waals surface area (Å²) in [5.41, 5.74) is 4.02. The van der Waals surface area contributed by atoms with Crippen molar-refractivity contribution in [3.8, 4) is 0 Å². The molecule has 0 aromatic rings. The number of fused-ring (bicyclic) bond motifs is 2. The van der Waals surface area contributed by atoms with Gasteiger partial charge in [0.1, 0.15) is 6.10 Å². The van der Waals surface area contributed by atoms with E-state index in [4.69, 9.17) is 4.74 Å². The average Bonchev–Trinajstić information content (AvgIpc) is 2.87. The summed E-state index contributed by atoms with van der Waals surface area (Å²) in [6, 6.07) is 0. The SMILES string of the molecule is CC1=CC2CC(C)C3CCC(C)C4=C3C(OC4=O)C2(C)C1. The number of hydrogen-bond acceptors (Lipinski definition) is 2. The van der Waals surface area contributed by atoms with Crippen LogP contribution in [0.5, 0.6) is 0 Å². The van der Waals surface area contributed by atoms with Crippen molar-refractivity contribution in [2.75, 3.05) is 0 Å². The molecule has 1 heterocycles. The zero-order valence-corrected chi connectivity index (χ0v) is 13.6.